The molecule has 1 aromatic heterocycles. The number of fused-ring (bicyclic) bond motifs is 1. The van der Waals surface area contributed by atoms with Gasteiger partial charge in [0.1, 0.15) is 0 Å². The molecule has 2 rings (SSSR count). The van der Waals surface area contributed by atoms with Crippen molar-refractivity contribution in [3.8, 4) is 0 Å². The Morgan fingerprint density at radius 2 is 2.41 bits per heavy atom. The summed E-state index contributed by atoms with van der Waals surface area (Å²) in [6, 6.07) is 2.43. The van der Waals surface area contributed by atoms with Gasteiger partial charge >= 0.3 is 5.97 Å². The zero-order chi connectivity index (χ0) is 12.5. The van der Waals surface area contributed by atoms with Crippen molar-refractivity contribution < 1.29 is 9.53 Å². The first-order valence-electron chi connectivity index (χ1n) is 6.15. The normalized spacial score (nSPS) is 27.6. The molecule has 0 saturated heterocycles. The minimum atomic E-state index is -0.628. The summed E-state index contributed by atoms with van der Waals surface area (Å²) in [6.07, 6.45) is 1.71. The number of hydrogen-bond donors (Lipinski definition) is 1. The number of thiophene rings is 1. The van der Waals surface area contributed by atoms with Crippen LogP contribution in [0.2, 0.25) is 0 Å². The molecule has 0 amide bonds. The van der Waals surface area contributed by atoms with E-state index in [1.54, 1.807) is 11.3 Å². The standard InChI is InChI=1S/C13H19NO2S/c1-4-13(12(15)16-5-2)11-10(6-7-17-11)8-9(3)14-13/h6-7,9,14H,4-5,8H2,1-3H3. The molecule has 1 N–H and O–H groups in total. The van der Waals surface area contributed by atoms with Crippen molar-refractivity contribution in [1.29, 1.82) is 0 Å². The highest BCUT2D eigenvalue weighted by Gasteiger charge is 2.46. The van der Waals surface area contributed by atoms with Crippen molar-refractivity contribution in [2.24, 2.45) is 0 Å². The molecule has 4 heteroatoms. The van der Waals surface area contributed by atoms with Crippen LogP contribution in [0.15, 0.2) is 11.4 Å². The van der Waals surface area contributed by atoms with Crippen LogP contribution in [-0.2, 0) is 21.5 Å². The fourth-order valence-corrected chi connectivity index (χ4v) is 3.71. The summed E-state index contributed by atoms with van der Waals surface area (Å²) in [5.74, 6) is -0.141. The predicted molar refractivity (Wildman–Crippen MR) is 69.2 cm³/mol. The van der Waals surface area contributed by atoms with Gasteiger partial charge in [0.05, 0.1) is 6.61 Å². The smallest absolute Gasteiger partial charge is 0.331 e. The first kappa shape index (κ1) is 12.6. The maximum absolute atomic E-state index is 12.3. The molecule has 1 aliphatic heterocycles. The third-order valence-corrected chi connectivity index (χ3v) is 4.43. The summed E-state index contributed by atoms with van der Waals surface area (Å²) in [4.78, 5) is 13.4. The maximum atomic E-state index is 12.3. The fourth-order valence-electron chi connectivity index (χ4n) is 2.55. The van der Waals surface area contributed by atoms with Crippen molar-refractivity contribution in [2.75, 3.05) is 6.61 Å². The van der Waals surface area contributed by atoms with Crippen LogP contribution in [0, 0.1) is 0 Å². The Bertz CT molecular complexity index is 415. The van der Waals surface area contributed by atoms with Gasteiger partial charge in [-0.05, 0) is 43.7 Å². The summed E-state index contributed by atoms with van der Waals surface area (Å²) in [6.45, 7) is 6.43. The SMILES string of the molecule is CCOC(=O)C1(CC)NC(C)Cc2ccsc21. The molecule has 17 heavy (non-hydrogen) atoms. The van der Waals surface area contributed by atoms with Crippen LogP contribution in [0.3, 0.4) is 0 Å². The topological polar surface area (TPSA) is 38.3 Å². The van der Waals surface area contributed by atoms with E-state index in [0.717, 1.165) is 17.7 Å². The minimum Gasteiger partial charge on any atom is -0.464 e. The number of carbonyl (C=O) groups excluding carboxylic acids is 1. The molecule has 1 aliphatic rings. The van der Waals surface area contributed by atoms with Crippen LogP contribution in [0.1, 0.15) is 37.6 Å². The second-order valence-corrected chi connectivity index (χ2v) is 5.42. The molecule has 2 atom stereocenters. The third kappa shape index (κ3) is 2.00. The third-order valence-electron chi connectivity index (χ3n) is 3.31. The van der Waals surface area contributed by atoms with Crippen molar-refractivity contribution in [1.82, 2.24) is 5.32 Å². The number of ether oxygens (including phenoxy) is 1. The molecular formula is C13H19NO2S. The highest BCUT2D eigenvalue weighted by Crippen LogP contribution is 2.38. The van der Waals surface area contributed by atoms with Gasteiger partial charge in [-0.25, -0.2) is 4.79 Å². The minimum absolute atomic E-state index is 0.141. The monoisotopic (exact) mass is 253 g/mol. The average Bonchev–Trinajstić information content (AvgIpc) is 2.76. The van der Waals surface area contributed by atoms with Crippen LogP contribution in [0.25, 0.3) is 0 Å². The van der Waals surface area contributed by atoms with E-state index in [-0.39, 0.29) is 5.97 Å². The molecule has 1 aromatic rings. The fraction of sp³-hybridized carbons (Fsp3) is 0.615. The van der Waals surface area contributed by atoms with Gasteiger partial charge in [0.2, 0.25) is 0 Å². The second-order valence-electron chi connectivity index (χ2n) is 4.50. The molecule has 0 saturated carbocycles. The Morgan fingerprint density at radius 3 is 3.06 bits per heavy atom. The van der Waals surface area contributed by atoms with Crippen molar-refractivity contribution >= 4 is 17.3 Å². The van der Waals surface area contributed by atoms with Crippen LogP contribution in [-0.4, -0.2) is 18.6 Å². The van der Waals surface area contributed by atoms with Crippen LogP contribution in [0.5, 0.6) is 0 Å². The van der Waals surface area contributed by atoms with E-state index in [9.17, 15) is 4.79 Å². The zero-order valence-electron chi connectivity index (χ0n) is 10.6. The van der Waals surface area contributed by atoms with Crippen molar-refractivity contribution in [3.05, 3.63) is 21.9 Å². The van der Waals surface area contributed by atoms with Crippen LogP contribution >= 0.6 is 11.3 Å². The van der Waals surface area contributed by atoms with Gasteiger partial charge in [-0.2, -0.15) is 0 Å². The molecule has 0 aromatic carbocycles. The van der Waals surface area contributed by atoms with E-state index >= 15 is 0 Å². The van der Waals surface area contributed by atoms with Gasteiger partial charge in [-0.3, -0.25) is 5.32 Å². The van der Waals surface area contributed by atoms with Gasteiger partial charge < -0.3 is 4.74 Å². The molecule has 2 unspecified atom stereocenters. The maximum Gasteiger partial charge on any atom is 0.331 e. The van der Waals surface area contributed by atoms with E-state index in [0.29, 0.717) is 12.6 Å². The molecule has 0 spiro atoms. The average molecular weight is 253 g/mol. The highest BCUT2D eigenvalue weighted by atomic mass is 32.1. The summed E-state index contributed by atoms with van der Waals surface area (Å²) < 4.78 is 5.26. The number of nitrogens with one attached hydrogen (secondary N) is 1. The lowest BCUT2D eigenvalue weighted by Gasteiger charge is -2.38. The Balaban J connectivity index is 2.44. The number of carbonyl (C=O) groups is 1. The lowest BCUT2D eigenvalue weighted by molar-refractivity contribution is -0.152. The molecule has 0 bridgehead atoms. The quantitative estimate of drug-likeness (QED) is 0.841. The van der Waals surface area contributed by atoms with E-state index in [1.807, 2.05) is 13.8 Å². The first-order valence-corrected chi connectivity index (χ1v) is 7.03. The van der Waals surface area contributed by atoms with E-state index in [4.69, 9.17) is 4.74 Å². The molecular weight excluding hydrogens is 234 g/mol. The molecule has 94 valence electrons. The second kappa shape index (κ2) is 4.78. The molecule has 0 aliphatic carbocycles. The number of hydrogen-bond acceptors (Lipinski definition) is 4. The van der Waals surface area contributed by atoms with E-state index in [1.165, 1.54) is 5.56 Å². The molecule has 3 nitrogen and oxygen atoms in total. The Morgan fingerprint density at radius 1 is 1.65 bits per heavy atom. The highest BCUT2D eigenvalue weighted by molar-refractivity contribution is 7.10. The van der Waals surface area contributed by atoms with Gasteiger partial charge in [-0.1, -0.05) is 6.92 Å². The predicted octanol–water partition coefficient (Wildman–Crippen LogP) is 2.45. The Hall–Kier alpha value is -0.870. The number of rotatable bonds is 3. The van der Waals surface area contributed by atoms with Crippen LogP contribution < -0.4 is 5.32 Å². The summed E-state index contributed by atoms with van der Waals surface area (Å²) >= 11 is 1.65. The van der Waals surface area contributed by atoms with Gasteiger partial charge in [0.25, 0.3) is 0 Å². The summed E-state index contributed by atoms with van der Waals surface area (Å²) in [7, 11) is 0. The lowest BCUT2D eigenvalue weighted by atomic mass is 9.85. The lowest BCUT2D eigenvalue weighted by Crippen LogP contribution is -2.56. The van der Waals surface area contributed by atoms with Gasteiger partial charge in [0.15, 0.2) is 5.54 Å². The first-order chi connectivity index (χ1) is 8.14. The van der Waals surface area contributed by atoms with E-state index < -0.39 is 5.54 Å². The van der Waals surface area contributed by atoms with Gasteiger partial charge in [-0.15, -0.1) is 11.3 Å². The Kier molecular flexibility index (Phi) is 3.54. The molecule has 0 radical (unpaired) electrons. The largest absolute Gasteiger partial charge is 0.464 e. The Labute approximate surface area is 106 Å². The number of esters is 1. The van der Waals surface area contributed by atoms with E-state index in [2.05, 4.69) is 23.7 Å². The molecule has 2 heterocycles. The molecule has 0 fully saturated rings. The van der Waals surface area contributed by atoms with Gasteiger partial charge in [0, 0.05) is 10.9 Å². The van der Waals surface area contributed by atoms with Crippen LogP contribution in [0.4, 0.5) is 0 Å². The summed E-state index contributed by atoms with van der Waals surface area (Å²) in [5.41, 5.74) is 0.660. The zero-order valence-corrected chi connectivity index (χ0v) is 11.4. The van der Waals surface area contributed by atoms with Crippen molar-refractivity contribution in [2.45, 2.75) is 45.2 Å². The summed E-state index contributed by atoms with van der Waals surface area (Å²) in [5, 5.41) is 5.51. The van der Waals surface area contributed by atoms with Crippen molar-refractivity contribution in [3.63, 3.8) is 0 Å².